The van der Waals surface area contributed by atoms with Crippen LogP contribution in [0.3, 0.4) is 0 Å². The molecule has 1 N–H and O–H groups in total. The Bertz CT molecular complexity index is 401. The maximum atomic E-state index is 12.4. The minimum Gasteiger partial charge on any atom is -0.481 e. The molecule has 0 saturated heterocycles. The van der Waals surface area contributed by atoms with Crippen LogP contribution < -0.4 is 0 Å². The van der Waals surface area contributed by atoms with Crippen molar-refractivity contribution in [2.24, 2.45) is 0 Å². The first kappa shape index (κ1) is 13.5. The third-order valence-corrected chi connectivity index (χ3v) is 2.25. The second-order valence-corrected chi connectivity index (χ2v) is 3.47. The number of benzene rings is 1. The molecule has 1 atom stereocenters. The van der Waals surface area contributed by atoms with Crippen LogP contribution in [0.2, 0.25) is 0 Å². The second kappa shape index (κ2) is 5.18. The van der Waals surface area contributed by atoms with E-state index in [4.69, 9.17) is 5.11 Å². The smallest absolute Gasteiger partial charge is 0.416 e. The van der Waals surface area contributed by atoms with E-state index in [1.807, 2.05) is 0 Å². The minimum atomic E-state index is -4.48. The van der Waals surface area contributed by atoms with E-state index in [1.54, 1.807) is 0 Å². The minimum absolute atomic E-state index is 0.0779. The third-order valence-electron chi connectivity index (χ3n) is 2.25. The average molecular weight is 248 g/mol. The number of hydrogen-bond donors (Lipinski definition) is 1. The summed E-state index contributed by atoms with van der Waals surface area (Å²) in [6.45, 7) is -0.170. The highest BCUT2D eigenvalue weighted by Gasteiger charge is 2.31. The van der Waals surface area contributed by atoms with Crippen molar-refractivity contribution in [1.29, 1.82) is 0 Å². The first-order valence-corrected chi connectivity index (χ1v) is 4.75. The van der Waals surface area contributed by atoms with Crippen LogP contribution in [0.5, 0.6) is 0 Å². The van der Waals surface area contributed by atoms with Crippen LogP contribution in [0.15, 0.2) is 24.3 Å². The van der Waals surface area contributed by atoms with E-state index in [9.17, 15) is 18.0 Å². The lowest BCUT2D eigenvalue weighted by Gasteiger charge is -2.14. The van der Waals surface area contributed by atoms with E-state index >= 15 is 0 Å². The van der Waals surface area contributed by atoms with Crippen molar-refractivity contribution in [2.45, 2.75) is 12.1 Å². The van der Waals surface area contributed by atoms with E-state index in [0.717, 1.165) is 12.1 Å². The molecule has 0 aromatic heterocycles. The monoisotopic (exact) mass is 248 g/mol. The molecule has 94 valence electrons. The van der Waals surface area contributed by atoms with Gasteiger partial charge in [-0.05, 0) is 11.6 Å². The van der Waals surface area contributed by atoms with E-state index in [0.29, 0.717) is 0 Å². The predicted octanol–water partition coefficient (Wildman–Crippen LogP) is 2.52. The summed E-state index contributed by atoms with van der Waals surface area (Å²) in [4.78, 5) is 10.9. The lowest BCUT2D eigenvalue weighted by Crippen LogP contribution is -2.17. The maximum Gasteiger partial charge on any atom is 0.416 e. The molecule has 17 heavy (non-hydrogen) atoms. The molecule has 6 heteroatoms. The Hall–Kier alpha value is -1.56. The summed E-state index contributed by atoms with van der Waals surface area (Å²) in [5.41, 5.74) is -0.786. The molecule has 0 aliphatic rings. The average Bonchev–Trinajstić information content (AvgIpc) is 2.24. The molecule has 3 nitrogen and oxygen atoms in total. The Labute approximate surface area is 95.8 Å². The predicted molar refractivity (Wildman–Crippen MR) is 53.7 cm³/mol. The maximum absolute atomic E-state index is 12.4. The molecule has 1 aromatic rings. The highest BCUT2D eigenvalue weighted by Crippen LogP contribution is 2.31. The molecule has 0 fully saturated rings. The summed E-state index contributed by atoms with van der Waals surface area (Å²) in [5, 5.41) is 8.89. The van der Waals surface area contributed by atoms with Gasteiger partial charge in [0, 0.05) is 7.11 Å². The van der Waals surface area contributed by atoms with E-state index in [1.165, 1.54) is 19.2 Å². The van der Waals surface area contributed by atoms with Gasteiger partial charge in [-0.15, -0.1) is 0 Å². The fourth-order valence-electron chi connectivity index (χ4n) is 1.41. The van der Waals surface area contributed by atoms with Crippen LogP contribution in [0.1, 0.15) is 17.0 Å². The number of rotatable bonds is 4. The first-order chi connectivity index (χ1) is 7.86. The van der Waals surface area contributed by atoms with E-state index in [2.05, 4.69) is 4.74 Å². The molecular weight excluding hydrogens is 237 g/mol. The van der Waals surface area contributed by atoms with Gasteiger partial charge in [-0.3, -0.25) is 4.79 Å². The van der Waals surface area contributed by atoms with Gasteiger partial charge in [0.2, 0.25) is 0 Å². The molecule has 0 saturated carbocycles. The van der Waals surface area contributed by atoms with Crippen LogP contribution in [-0.2, 0) is 15.7 Å². The van der Waals surface area contributed by atoms with Gasteiger partial charge in [-0.1, -0.05) is 18.2 Å². The van der Waals surface area contributed by atoms with Gasteiger partial charge < -0.3 is 9.84 Å². The molecule has 0 amide bonds. The van der Waals surface area contributed by atoms with Gasteiger partial charge in [0.15, 0.2) is 0 Å². The second-order valence-electron chi connectivity index (χ2n) is 3.47. The van der Waals surface area contributed by atoms with Gasteiger partial charge >= 0.3 is 12.1 Å². The summed E-state index contributed by atoms with van der Waals surface area (Å²) in [6, 6.07) is 4.25. The third kappa shape index (κ3) is 3.45. The number of carbonyl (C=O) groups is 1. The standard InChI is InChI=1S/C11H11F3O3/c1-17-6-9(10(15)16)7-3-2-4-8(5-7)11(12,13)14/h2-5,9H,6H2,1H3,(H,15,16). The van der Waals surface area contributed by atoms with E-state index in [-0.39, 0.29) is 12.2 Å². The fourth-order valence-corrected chi connectivity index (χ4v) is 1.41. The number of alkyl halides is 3. The van der Waals surface area contributed by atoms with Gasteiger partial charge in [-0.2, -0.15) is 13.2 Å². The molecule has 0 spiro atoms. The number of methoxy groups -OCH3 is 1. The van der Waals surface area contributed by atoms with Crippen LogP contribution >= 0.6 is 0 Å². The van der Waals surface area contributed by atoms with Crippen LogP contribution in [0, 0.1) is 0 Å². The summed E-state index contributed by atoms with van der Waals surface area (Å²) >= 11 is 0. The first-order valence-electron chi connectivity index (χ1n) is 4.75. The number of ether oxygens (including phenoxy) is 1. The van der Waals surface area contributed by atoms with Crippen molar-refractivity contribution < 1.29 is 27.8 Å². The van der Waals surface area contributed by atoms with Crippen molar-refractivity contribution in [3.63, 3.8) is 0 Å². The molecule has 1 aromatic carbocycles. The molecule has 1 unspecified atom stereocenters. The lowest BCUT2D eigenvalue weighted by molar-refractivity contribution is -0.141. The number of aliphatic carboxylic acids is 1. The lowest BCUT2D eigenvalue weighted by atomic mass is 9.98. The van der Waals surface area contributed by atoms with Crippen molar-refractivity contribution in [3.8, 4) is 0 Å². The van der Waals surface area contributed by atoms with Crippen LogP contribution in [0.25, 0.3) is 0 Å². The number of carboxylic acids is 1. The topological polar surface area (TPSA) is 46.5 Å². The van der Waals surface area contributed by atoms with Crippen LogP contribution in [0.4, 0.5) is 13.2 Å². The van der Waals surface area contributed by atoms with Gasteiger partial charge in [-0.25, -0.2) is 0 Å². The summed E-state index contributed by atoms with van der Waals surface area (Å²) in [6.07, 6.45) is -4.48. The largest absolute Gasteiger partial charge is 0.481 e. The van der Waals surface area contributed by atoms with Crippen molar-refractivity contribution in [2.75, 3.05) is 13.7 Å². The number of carboxylic acid groups (broad SMARTS) is 1. The highest BCUT2D eigenvalue weighted by atomic mass is 19.4. The Morgan fingerprint density at radius 1 is 1.47 bits per heavy atom. The number of hydrogen-bond acceptors (Lipinski definition) is 2. The Balaban J connectivity index is 3.08. The number of halogens is 3. The summed E-state index contributed by atoms with van der Waals surface area (Å²) in [5.74, 6) is -2.31. The SMILES string of the molecule is COCC(C(=O)O)c1cccc(C(F)(F)F)c1. The van der Waals surface area contributed by atoms with Crippen LogP contribution in [-0.4, -0.2) is 24.8 Å². The molecule has 0 heterocycles. The molecule has 0 aliphatic heterocycles. The van der Waals surface area contributed by atoms with Crippen molar-refractivity contribution in [3.05, 3.63) is 35.4 Å². The molecule has 0 aliphatic carbocycles. The molecule has 0 bridgehead atoms. The normalized spacial score (nSPS) is 13.4. The fraction of sp³-hybridized carbons (Fsp3) is 0.364. The highest BCUT2D eigenvalue weighted by molar-refractivity contribution is 5.76. The zero-order valence-corrected chi connectivity index (χ0v) is 8.99. The Morgan fingerprint density at radius 2 is 2.12 bits per heavy atom. The molecule has 1 rings (SSSR count). The van der Waals surface area contributed by atoms with E-state index < -0.39 is 23.6 Å². The molecule has 0 radical (unpaired) electrons. The Morgan fingerprint density at radius 3 is 2.59 bits per heavy atom. The zero-order valence-electron chi connectivity index (χ0n) is 8.99. The summed E-state index contributed by atoms with van der Waals surface area (Å²) < 4.78 is 42.0. The molecular formula is C11H11F3O3. The zero-order chi connectivity index (χ0) is 13.1. The summed E-state index contributed by atoms with van der Waals surface area (Å²) in [7, 11) is 1.30. The van der Waals surface area contributed by atoms with Crippen molar-refractivity contribution >= 4 is 5.97 Å². The van der Waals surface area contributed by atoms with Crippen molar-refractivity contribution in [1.82, 2.24) is 0 Å². The van der Waals surface area contributed by atoms with Gasteiger partial charge in [0.25, 0.3) is 0 Å². The quantitative estimate of drug-likeness (QED) is 0.890. The van der Waals surface area contributed by atoms with Gasteiger partial charge in [0.1, 0.15) is 5.92 Å². The van der Waals surface area contributed by atoms with Gasteiger partial charge in [0.05, 0.1) is 12.2 Å². The Kier molecular flexibility index (Phi) is 4.11.